The molecule has 0 aromatic carbocycles. The number of hydrogen-bond acceptors (Lipinski definition) is 2. The average Bonchev–Trinajstić information content (AvgIpc) is 1.69. The first-order chi connectivity index (χ1) is 3.33. The molecule has 0 fully saturated rings. The maximum Gasteiger partial charge on any atom is 0.0905 e. The first-order valence-electron chi connectivity index (χ1n) is 1.57. The summed E-state index contributed by atoms with van der Waals surface area (Å²) in [6.07, 6.45) is 0. The molecule has 0 amide bonds. The van der Waals surface area contributed by atoms with Crippen molar-refractivity contribution in [1.29, 1.82) is 10.5 Å². The Labute approximate surface area is 51.5 Å². The Kier molecular flexibility index (Phi) is 24.8. The van der Waals surface area contributed by atoms with Crippen molar-refractivity contribution in [3.05, 3.63) is 0 Å². The van der Waals surface area contributed by atoms with E-state index in [-0.39, 0.29) is 0 Å². The summed E-state index contributed by atoms with van der Waals surface area (Å²) >= 11 is 2.89. The Morgan fingerprint density at radius 2 is 1.71 bits per heavy atom. The van der Waals surface area contributed by atoms with E-state index in [1.165, 1.54) is 6.92 Å². The topological polar surface area (TPSA) is 47.6 Å². The van der Waals surface area contributed by atoms with Gasteiger partial charge >= 0.3 is 0 Å². The van der Waals surface area contributed by atoms with Gasteiger partial charge in [0.05, 0.1) is 17.5 Å². The predicted octanol–water partition coefficient (Wildman–Crippen LogP) is 1.43. The number of hydrogen-bond donors (Lipinski definition) is 0. The van der Waals surface area contributed by atoms with Crippen LogP contribution in [0.25, 0.3) is 0 Å². The summed E-state index contributed by atoms with van der Waals surface area (Å²) in [5.41, 5.74) is 0. The molecule has 2 nitrogen and oxygen atoms in total. The molecule has 0 saturated heterocycles. The number of rotatable bonds is 0. The molecule has 0 heterocycles. The van der Waals surface area contributed by atoms with Gasteiger partial charge in [0, 0.05) is 6.92 Å². The normalized spacial score (nSPS) is 4.00. The Morgan fingerprint density at radius 3 is 1.71 bits per heavy atom. The van der Waals surface area contributed by atoms with Crippen molar-refractivity contribution in [2.45, 2.75) is 6.92 Å². The third-order valence-corrected chi connectivity index (χ3v) is 0.311. The molecule has 0 aromatic heterocycles. The second-order valence-electron chi connectivity index (χ2n) is 0.515. The van der Waals surface area contributed by atoms with Crippen molar-refractivity contribution in [3.63, 3.8) is 0 Å². The van der Waals surface area contributed by atoms with Gasteiger partial charge in [-0.3, -0.25) is 0 Å². The molecular weight excluding hydrogens is 156 g/mol. The number of halogens is 1. The first-order valence-corrected chi connectivity index (χ1v) is 2.69. The van der Waals surface area contributed by atoms with Gasteiger partial charge in [0.15, 0.2) is 0 Å². The van der Waals surface area contributed by atoms with E-state index in [2.05, 4.69) is 15.9 Å². The molecule has 0 N–H and O–H groups in total. The molecule has 0 atom stereocenters. The Hall–Kier alpha value is -0.540. The van der Waals surface area contributed by atoms with Crippen molar-refractivity contribution >= 4 is 15.9 Å². The first kappa shape index (κ1) is 9.68. The van der Waals surface area contributed by atoms with Crippen LogP contribution in [0.4, 0.5) is 0 Å². The van der Waals surface area contributed by atoms with Gasteiger partial charge in [-0.2, -0.15) is 10.5 Å². The smallest absolute Gasteiger partial charge is 0.0905 e. The van der Waals surface area contributed by atoms with Gasteiger partial charge in [-0.25, -0.2) is 0 Å². The minimum Gasteiger partial charge on any atom is -0.199 e. The molecule has 0 aliphatic carbocycles. The Morgan fingerprint density at radius 1 is 1.57 bits per heavy atom. The van der Waals surface area contributed by atoms with Gasteiger partial charge in [0.1, 0.15) is 0 Å². The molecule has 0 unspecified atom stereocenters. The summed E-state index contributed by atoms with van der Waals surface area (Å²) < 4.78 is 0. The zero-order chi connectivity index (χ0) is 6.12. The van der Waals surface area contributed by atoms with Crippen LogP contribution in [0.5, 0.6) is 0 Å². The fourth-order valence-corrected chi connectivity index (χ4v) is 0. The van der Waals surface area contributed by atoms with E-state index in [0.717, 1.165) is 0 Å². The lowest BCUT2D eigenvalue weighted by molar-refractivity contribution is 1.49. The van der Waals surface area contributed by atoms with E-state index in [4.69, 9.17) is 10.5 Å². The molecule has 0 aromatic rings. The van der Waals surface area contributed by atoms with Crippen molar-refractivity contribution in [1.82, 2.24) is 0 Å². The highest BCUT2D eigenvalue weighted by atomic mass is 79.9. The molecule has 0 spiro atoms. The van der Waals surface area contributed by atoms with Crippen LogP contribution in [0.3, 0.4) is 0 Å². The van der Waals surface area contributed by atoms with E-state index in [0.29, 0.717) is 5.33 Å². The minimum absolute atomic E-state index is 0.438. The van der Waals surface area contributed by atoms with Gasteiger partial charge in [-0.15, -0.1) is 0 Å². The molecule has 38 valence electrons. The molecule has 0 saturated carbocycles. The predicted molar refractivity (Wildman–Crippen MR) is 30.7 cm³/mol. The summed E-state index contributed by atoms with van der Waals surface area (Å²) in [6, 6.07) is 3.60. The van der Waals surface area contributed by atoms with Gasteiger partial charge in [0.25, 0.3) is 0 Å². The monoisotopic (exact) mass is 160 g/mol. The van der Waals surface area contributed by atoms with E-state index >= 15 is 0 Å². The lowest BCUT2D eigenvalue weighted by Gasteiger charge is -1.44. The van der Waals surface area contributed by atoms with Crippen LogP contribution in [0.1, 0.15) is 6.92 Å². The van der Waals surface area contributed by atoms with Gasteiger partial charge < -0.3 is 0 Å². The van der Waals surface area contributed by atoms with E-state index in [9.17, 15) is 0 Å². The van der Waals surface area contributed by atoms with Crippen molar-refractivity contribution < 1.29 is 0 Å². The van der Waals surface area contributed by atoms with E-state index in [1.54, 1.807) is 6.07 Å². The Balaban J connectivity index is 0. The van der Waals surface area contributed by atoms with Crippen LogP contribution in [0.15, 0.2) is 0 Å². The van der Waals surface area contributed by atoms with Crippen molar-refractivity contribution in [2.75, 3.05) is 5.33 Å². The second kappa shape index (κ2) is 17.9. The molecular formula is C4H5BrN2. The molecule has 0 aliphatic heterocycles. The Bertz CT molecular complexity index is 86.8. The molecule has 0 bridgehead atoms. The number of nitrogens with zero attached hydrogens (tertiary/aromatic N) is 2. The summed E-state index contributed by atoms with van der Waals surface area (Å²) in [5, 5.41) is 15.3. The van der Waals surface area contributed by atoms with Crippen LogP contribution in [0, 0.1) is 22.7 Å². The second-order valence-corrected chi connectivity index (χ2v) is 1.08. The van der Waals surface area contributed by atoms with Crippen LogP contribution < -0.4 is 0 Å². The van der Waals surface area contributed by atoms with E-state index in [1.807, 2.05) is 6.07 Å². The fraction of sp³-hybridized carbons (Fsp3) is 0.500. The highest BCUT2D eigenvalue weighted by Crippen LogP contribution is 1.68. The number of nitriles is 2. The molecule has 0 rings (SSSR count). The van der Waals surface area contributed by atoms with Crippen LogP contribution >= 0.6 is 15.9 Å². The van der Waals surface area contributed by atoms with Crippen molar-refractivity contribution in [3.8, 4) is 12.1 Å². The quantitative estimate of drug-likeness (QED) is 0.504. The maximum atomic E-state index is 7.58. The highest BCUT2D eigenvalue weighted by Gasteiger charge is 1.52. The summed E-state index contributed by atoms with van der Waals surface area (Å²) in [6.45, 7) is 1.43. The average molecular weight is 161 g/mol. The van der Waals surface area contributed by atoms with E-state index < -0.39 is 0 Å². The molecule has 7 heavy (non-hydrogen) atoms. The largest absolute Gasteiger partial charge is 0.199 e. The van der Waals surface area contributed by atoms with Crippen LogP contribution in [-0.4, -0.2) is 5.33 Å². The highest BCUT2D eigenvalue weighted by molar-refractivity contribution is 9.09. The summed E-state index contributed by atoms with van der Waals surface area (Å²) in [4.78, 5) is 0. The van der Waals surface area contributed by atoms with Gasteiger partial charge in [-0.05, 0) is 0 Å². The maximum absolute atomic E-state index is 7.58. The third kappa shape index (κ3) is 309. The standard InChI is InChI=1S/C2H2BrN.C2H3N/c3-1-2-4;1-2-3/h1H2;1H3. The summed E-state index contributed by atoms with van der Waals surface area (Å²) in [7, 11) is 0. The third-order valence-electron chi connectivity index (χ3n) is 0.0598. The zero-order valence-corrected chi connectivity index (χ0v) is 5.57. The fourth-order valence-electron chi connectivity index (χ4n) is 0. The van der Waals surface area contributed by atoms with Gasteiger partial charge in [0.2, 0.25) is 0 Å². The summed E-state index contributed by atoms with van der Waals surface area (Å²) in [5.74, 6) is 0. The van der Waals surface area contributed by atoms with Crippen LogP contribution in [0.2, 0.25) is 0 Å². The molecule has 3 heteroatoms. The minimum atomic E-state index is 0.438. The number of alkyl halides is 1. The lowest BCUT2D eigenvalue weighted by Crippen LogP contribution is -1.45. The zero-order valence-electron chi connectivity index (χ0n) is 3.98. The SMILES string of the molecule is CC#N.N#CCBr. The van der Waals surface area contributed by atoms with Crippen LogP contribution in [-0.2, 0) is 0 Å². The molecule has 0 aliphatic rings. The van der Waals surface area contributed by atoms with Crippen molar-refractivity contribution in [2.24, 2.45) is 0 Å². The lowest BCUT2D eigenvalue weighted by atomic mass is 10.9. The molecule has 0 radical (unpaired) electrons. The van der Waals surface area contributed by atoms with Gasteiger partial charge in [-0.1, -0.05) is 15.9 Å².